The van der Waals surface area contributed by atoms with Crippen LogP contribution in [0.15, 0.2) is 36.6 Å². The molecular weight excluding hydrogens is 164 g/mol. The fourth-order valence-electron chi connectivity index (χ4n) is 1.04. The van der Waals surface area contributed by atoms with Gasteiger partial charge in [-0.3, -0.25) is 0 Å². The first-order valence-electron chi connectivity index (χ1n) is 4.27. The lowest BCUT2D eigenvalue weighted by Crippen LogP contribution is -2.11. The molecule has 0 unspecified atom stereocenters. The largest absolute Gasteiger partial charge is 0.424 e. The minimum absolute atomic E-state index is 0.171. The Morgan fingerprint density at radius 1 is 1.69 bits per heavy atom. The second-order valence-electron chi connectivity index (χ2n) is 3.76. The Bertz CT molecular complexity index is 282. The summed E-state index contributed by atoms with van der Waals surface area (Å²) >= 11 is 0. The van der Waals surface area contributed by atoms with E-state index in [1.165, 1.54) is 0 Å². The van der Waals surface area contributed by atoms with E-state index < -0.39 is 5.97 Å². The summed E-state index contributed by atoms with van der Waals surface area (Å²) in [6, 6.07) is 0. The average Bonchev–Trinajstić information content (AvgIpc) is 2.08. The van der Waals surface area contributed by atoms with E-state index in [1.807, 2.05) is 18.2 Å². The van der Waals surface area contributed by atoms with Gasteiger partial charge in [0.25, 0.3) is 0 Å². The van der Waals surface area contributed by atoms with Crippen molar-refractivity contribution < 1.29 is 9.53 Å². The van der Waals surface area contributed by atoms with Crippen LogP contribution >= 0.6 is 0 Å². The van der Waals surface area contributed by atoms with Crippen molar-refractivity contribution in [1.29, 1.82) is 0 Å². The van der Waals surface area contributed by atoms with Crippen molar-refractivity contribution >= 4 is 5.97 Å². The van der Waals surface area contributed by atoms with Crippen LogP contribution in [0.4, 0.5) is 0 Å². The van der Waals surface area contributed by atoms with Gasteiger partial charge in [-0.25, -0.2) is 4.79 Å². The number of allylic oxidation sites excluding steroid dienone is 3. The second kappa shape index (κ2) is 3.60. The van der Waals surface area contributed by atoms with E-state index in [1.54, 1.807) is 0 Å². The molecular formula is C11H14O2. The van der Waals surface area contributed by atoms with Gasteiger partial charge in [-0.05, 0) is 24.0 Å². The molecule has 0 saturated heterocycles. The summed E-state index contributed by atoms with van der Waals surface area (Å²) in [5, 5.41) is 0. The number of carbonyl (C=O) groups is 1. The lowest BCUT2D eigenvalue weighted by Gasteiger charge is -2.21. The SMILES string of the molecule is C=CC(=O)OC1=CCC(C)(C)C=C1. The zero-order chi connectivity index (χ0) is 9.90. The van der Waals surface area contributed by atoms with Crippen molar-refractivity contribution in [2.75, 3.05) is 0 Å². The Morgan fingerprint density at radius 2 is 2.38 bits per heavy atom. The van der Waals surface area contributed by atoms with Crippen LogP contribution in [-0.4, -0.2) is 5.97 Å². The van der Waals surface area contributed by atoms with Gasteiger partial charge in [0.15, 0.2) is 0 Å². The molecule has 0 radical (unpaired) electrons. The first-order chi connectivity index (χ1) is 6.03. The van der Waals surface area contributed by atoms with Gasteiger partial charge in [-0.1, -0.05) is 26.5 Å². The molecule has 0 aromatic carbocycles. The number of ether oxygens (including phenoxy) is 1. The molecule has 0 N–H and O–H groups in total. The predicted octanol–water partition coefficient (Wildman–Crippen LogP) is 2.59. The molecule has 0 aliphatic heterocycles. The lowest BCUT2D eigenvalue weighted by atomic mass is 9.86. The van der Waals surface area contributed by atoms with Crippen LogP contribution in [0.1, 0.15) is 20.3 Å². The summed E-state index contributed by atoms with van der Waals surface area (Å²) in [5.41, 5.74) is 0.171. The molecule has 1 aliphatic rings. The number of rotatable bonds is 2. The quantitative estimate of drug-likeness (QED) is 0.480. The van der Waals surface area contributed by atoms with E-state index >= 15 is 0 Å². The van der Waals surface area contributed by atoms with E-state index in [-0.39, 0.29) is 5.41 Å². The fourth-order valence-corrected chi connectivity index (χ4v) is 1.04. The molecule has 0 heterocycles. The number of hydrogen-bond acceptors (Lipinski definition) is 2. The smallest absolute Gasteiger partial charge is 0.335 e. The molecule has 0 saturated carbocycles. The highest BCUT2D eigenvalue weighted by atomic mass is 16.5. The lowest BCUT2D eigenvalue weighted by molar-refractivity contribution is -0.133. The maximum absolute atomic E-state index is 10.8. The molecule has 1 aliphatic carbocycles. The molecule has 0 spiro atoms. The summed E-state index contributed by atoms with van der Waals surface area (Å²) < 4.78 is 4.95. The Kier molecular flexibility index (Phi) is 2.71. The van der Waals surface area contributed by atoms with Gasteiger partial charge in [0.2, 0.25) is 0 Å². The summed E-state index contributed by atoms with van der Waals surface area (Å²) in [7, 11) is 0. The summed E-state index contributed by atoms with van der Waals surface area (Å²) in [6.45, 7) is 7.59. The molecule has 13 heavy (non-hydrogen) atoms. The highest BCUT2D eigenvalue weighted by Crippen LogP contribution is 2.28. The third kappa shape index (κ3) is 2.90. The highest BCUT2D eigenvalue weighted by molar-refractivity contribution is 5.82. The predicted molar refractivity (Wildman–Crippen MR) is 51.9 cm³/mol. The molecule has 0 amide bonds. The summed E-state index contributed by atoms with van der Waals surface area (Å²) in [6.07, 6.45) is 7.84. The number of hydrogen-bond donors (Lipinski definition) is 0. The molecule has 2 nitrogen and oxygen atoms in total. The van der Waals surface area contributed by atoms with Gasteiger partial charge in [-0.15, -0.1) is 0 Å². The standard InChI is InChI=1S/C11H14O2/c1-4-10(12)13-9-5-7-11(2,3)8-6-9/h4-7H,1,8H2,2-3H3. The van der Waals surface area contributed by atoms with Crippen LogP contribution in [0.25, 0.3) is 0 Å². The average molecular weight is 178 g/mol. The zero-order valence-corrected chi connectivity index (χ0v) is 8.04. The van der Waals surface area contributed by atoms with Gasteiger partial charge in [0, 0.05) is 6.08 Å². The van der Waals surface area contributed by atoms with Crippen LogP contribution in [0.5, 0.6) is 0 Å². The third-order valence-electron chi connectivity index (χ3n) is 1.91. The van der Waals surface area contributed by atoms with E-state index in [2.05, 4.69) is 20.4 Å². The summed E-state index contributed by atoms with van der Waals surface area (Å²) in [4.78, 5) is 10.8. The molecule has 70 valence electrons. The van der Waals surface area contributed by atoms with Crippen molar-refractivity contribution in [2.24, 2.45) is 5.41 Å². The minimum Gasteiger partial charge on any atom is -0.424 e. The first-order valence-corrected chi connectivity index (χ1v) is 4.27. The number of esters is 1. The van der Waals surface area contributed by atoms with Crippen molar-refractivity contribution in [3.05, 3.63) is 36.6 Å². The maximum Gasteiger partial charge on any atom is 0.335 e. The fraction of sp³-hybridized carbons (Fsp3) is 0.364. The van der Waals surface area contributed by atoms with Crippen LogP contribution in [0.2, 0.25) is 0 Å². The van der Waals surface area contributed by atoms with Crippen LogP contribution in [0, 0.1) is 5.41 Å². The van der Waals surface area contributed by atoms with E-state index in [0.717, 1.165) is 12.5 Å². The second-order valence-corrected chi connectivity index (χ2v) is 3.76. The van der Waals surface area contributed by atoms with Crippen LogP contribution in [-0.2, 0) is 9.53 Å². The van der Waals surface area contributed by atoms with Gasteiger partial charge < -0.3 is 4.74 Å². The van der Waals surface area contributed by atoms with Crippen molar-refractivity contribution in [3.8, 4) is 0 Å². The first kappa shape index (κ1) is 9.78. The molecule has 0 aromatic rings. The van der Waals surface area contributed by atoms with E-state index in [0.29, 0.717) is 5.76 Å². The van der Waals surface area contributed by atoms with E-state index in [9.17, 15) is 4.79 Å². The minimum atomic E-state index is -0.407. The molecule has 0 bridgehead atoms. The topological polar surface area (TPSA) is 26.3 Å². The van der Waals surface area contributed by atoms with Gasteiger partial charge >= 0.3 is 5.97 Å². The molecule has 1 rings (SSSR count). The molecule has 0 fully saturated rings. The van der Waals surface area contributed by atoms with Gasteiger partial charge in [-0.2, -0.15) is 0 Å². The Hall–Kier alpha value is -1.31. The maximum atomic E-state index is 10.8. The summed E-state index contributed by atoms with van der Waals surface area (Å²) in [5.74, 6) is 0.208. The highest BCUT2D eigenvalue weighted by Gasteiger charge is 2.17. The van der Waals surface area contributed by atoms with Crippen LogP contribution < -0.4 is 0 Å². The van der Waals surface area contributed by atoms with E-state index in [4.69, 9.17) is 4.74 Å². The monoisotopic (exact) mass is 178 g/mol. The Morgan fingerprint density at radius 3 is 2.85 bits per heavy atom. The Labute approximate surface area is 78.6 Å². The van der Waals surface area contributed by atoms with Gasteiger partial charge in [0.1, 0.15) is 5.76 Å². The molecule has 0 atom stereocenters. The molecule has 0 aromatic heterocycles. The van der Waals surface area contributed by atoms with Crippen LogP contribution in [0.3, 0.4) is 0 Å². The van der Waals surface area contributed by atoms with Crippen molar-refractivity contribution in [2.45, 2.75) is 20.3 Å². The Balaban J connectivity index is 2.58. The third-order valence-corrected chi connectivity index (χ3v) is 1.91. The normalized spacial score (nSPS) is 19.1. The molecule has 2 heteroatoms. The van der Waals surface area contributed by atoms with Gasteiger partial charge in [0.05, 0.1) is 0 Å². The van der Waals surface area contributed by atoms with Crippen molar-refractivity contribution in [3.63, 3.8) is 0 Å². The number of carbonyl (C=O) groups excluding carboxylic acids is 1. The zero-order valence-electron chi connectivity index (χ0n) is 8.04. The van der Waals surface area contributed by atoms with Crippen molar-refractivity contribution in [1.82, 2.24) is 0 Å².